The van der Waals surface area contributed by atoms with Crippen molar-refractivity contribution in [2.24, 2.45) is 0 Å². The minimum atomic E-state index is -3.95. The van der Waals surface area contributed by atoms with Crippen LogP contribution in [0.25, 0.3) is 0 Å². The van der Waals surface area contributed by atoms with Gasteiger partial charge in [-0.15, -0.1) is 0 Å². The summed E-state index contributed by atoms with van der Waals surface area (Å²) in [7, 11) is -3.95. The predicted molar refractivity (Wildman–Crippen MR) is 152 cm³/mol. The molecule has 0 unspecified atom stereocenters. The van der Waals surface area contributed by atoms with Crippen LogP contribution in [0.2, 0.25) is 0 Å². The summed E-state index contributed by atoms with van der Waals surface area (Å²) in [6, 6.07) is 21.0. The third-order valence-electron chi connectivity index (χ3n) is 6.52. The van der Waals surface area contributed by atoms with Crippen LogP contribution in [0.15, 0.2) is 78.9 Å². The number of sulfonamides is 1. The van der Waals surface area contributed by atoms with E-state index in [0.29, 0.717) is 6.42 Å². The Bertz CT molecular complexity index is 1360. The molecule has 0 fully saturated rings. The van der Waals surface area contributed by atoms with Crippen molar-refractivity contribution in [3.05, 3.63) is 101 Å². The third-order valence-corrected chi connectivity index (χ3v) is 7.66. The van der Waals surface area contributed by atoms with Crippen molar-refractivity contribution < 1.29 is 22.4 Å². The molecule has 0 saturated heterocycles. The van der Waals surface area contributed by atoms with E-state index >= 15 is 0 Å². The average molecular weight is 554 g/mol. The van der Waals surface area contributed by atoms with Gasteiger partial charge < -0.3 is 10.2 Å². The highest BCUT2D eigenvalue weighted by Gasteiger charge is 2.33. The molecule has 2 atom stereocenters. The molecule has 208 valence electrons. The molecule has 0 aliphatic rings. The van der Waals surface area contributed by atoms with Gasteiger partial charge in [0.05, 0.1) is 11.9 Å². The Balaban J connectivity index is 2.05. The summed E-state index contributed by atoms with van der Waals surface area (Å²) in [5.41, 5.74) is 2.72. The third kappa shape index (κ3) is 8.64. The summed E-state index contributed by atoms with van der Waals surface area (Å²) < 4.78 is 40.3. The molecule has 3 aromatic rings. The number of nitrogens with zero attached hydrogens (tertiary/aromatic N) is 2. The maximum absolute atomic E-state index is 14.0. The normalized spacial score (nSPS) is 12.8. The Labute approximate surface area is 230 Å². The van der Waals surface area contributed by atoms with Crippen LogP contribution < -0.4 is 9.62 Å². The van der Waals surface area contributed by atoms with Gasteiger partial charge in [0.15, 0.2) is 0 Å². The number of rotatable bonds is 12. The zero-order valence-electron chi connectivity index (χ0n) is 22.8. The van der Waals surface area contributed by atoms with Crippen LogP contribution in [-0.4, -0.2) is 50.0 Å². The summed E-state index contributed by atoms with van der Waals surface area (Å²) in [6.45, 7) is 5.29. The topological polar surface area (TPSA) is 86.8 Å². The van der Waals surface area contributed by atoms with Gasteiger partial charge in [0.1, 0.15) is 18.4 Å². The maximum atomic E-state index is 14.0. The van der Waals surface area contributed by atoms with E-state index in [4.69, 9.17) is 0 Å². The van der Waals surface area contributed by atoms with E-state index in [1.54, 1.807) is 0 Å². The molecule has 3 aromatic carbocycles. The van der Waals surface area contributed by atoms with Crippen molar-refractivity contribution >= 4 is 27.5 Å². The number of nitrogens with one attached hydrogen (secondary N) is 1. The molecule has 0 bridgehead atoms. The lowest BCUT2D eigenvalue weighted by Gasteiger charge is -2.34. The Kier molecular flexibility index (Phi) is 10.2. The summed E-state index contributed by atoms with van der Waals surface area (Å²) in [4.78, 5) is 29.0. The lowest BCUT2D eigenvalue weighted by molar-refractivity contribution is -0.140. The van der Waals surface area contributed by atoms with Crippen LogP contribution in [0.5, 0.6) is 0 Å². The Morgan fingerprint density at radius 2 is 1.62 bits per heavy atom. The highest BCUT2D eigenvalue weighted by Crippen LogP contribution is 2.21. The molecule has 0 aliphatic carbocycles. The highest BCUT2D eigenvalue weighted by atomic mass is 32.2. The van der Waals surface area contributed by atoms with E-state index in [9.17, 15) is 22.4 Å². The lowest BCUT2D eigenvalue weighted by atomic mass is 10.0. The number of hydrogen-bond donors (Lipinski definition) is 1. The van der Waals surface area contributed by atoms with E-state index in [-0.39, 0.29) is 30.6 Å². The maximum Gasteiger partial charge on any atom is 0.244 e. The van der Waals surface area contributed by atoms with Crippen molar-refractivity contribution in [2.75, 3.05) is 17.1 Å². The van der Waals surface area contributed by atoms with Gasteiger partial charge in [-0.3, -0.25) is 13.9 Å². The summed E-state index contributed by atoms with van der Waals surface area (Å²) in [5, 5.41) is 2.99. The molecular weight excluding hydrogens is 517 g/mol. The molecule has 3 rings (SSSR count). The van der Waals surface area contributed by atoms with Crippen LogP contribution in [-0.2, 0) is 32.6 Å². The molecule has 9 heteroatoms. The number of carbonyl (C=O) groups is 2. The molecule has 0 heterocycles. The van der Waals surface area contributed by atoms with Gasteiger partial charge in [-0.2, -0.15) is 0 Å². The Morgan fingerprint density at radius 3 is 2.21 bits per heavy atom. The second-order valence-corrected chi connectivity index (χ2v) is 11.7. The zero-order valence-corrected chi connectivity index (χ0v) is 23.6. The van der Waals surface area contributed by atoms with Crippen LogP contribution in [0, 0.1) is 12.7 Å². The molecule has 0 aliphatic heterocycles. The van der Waals surface area contributed by atoms with E-state index < -0.39 is 34.3 Å². The Morgan fingerprint density at radius 1 is 0.949 bits per heavy atom. The van der Waals surface area contributed by atoms with Crippen molar-refractivity contribution in [3.63, 3.8) is 0 Å². The Hall–Kier alpha value is -3.72. The van der Waals surface area contributed by atoms with E-state index in [1.165, 1.54) is 23.1 Å². The molecule has 7 nitrogen and oxygen atoms in total. The van der Waals surface area contributed by atoms with Crippen molar-refractivity contribution in [3.8, 4) is 0 Å². The van der Waals surface area contributed by atoms with Gasteiger partial charge >= 0.3 is 0 Å². The molecular formula is C30H36FN3O4S. The van der Waals surface area contributed by atoms with Gasteiger partial charge in [0.2, 0.25) is 21.8 Å². The second kappa shape index (κ2) is 13.4. The molecule has 0 spiro atoms. The van der Waals surface area contributed by atoms with Gasteiger partial charge in [-0.05, 0) is 49.6 Å². The number of aryl methyl sites for hydroxylation is 1. The summed E-state index contributed by atoms with van der Waals surface area (Å²) >= 11 is 0. The van der Waals surface area contributed by atoms with E-state index in [1.807, 2.05) is 75.4 Å². The molecule has 1 N–H and O–H groups in total. The number of anilines is 1. The standard InChI is InChI=1S/C30H36FN3O4S/c1-5-23(3)32-30(36)28(18-24-10-7-6-8-11-24)33(20-25-16-14-22(2)15-17-25)29(35)21-34(39(4,37)38)27-13-9-12-26(31)19-27/h6-17,19,23,28H,5,18,20-21H2,1-4H3,(H,32,36)/t23-,28+/m1/s1. The number of amides is 2. The molecule has 0 saturated carbocycles. The second-order valence-electron chi connectivity index (χ2n) is 9.78. The molecule has 39 heavy (non-hydrogen) atoms. The first-order chi connectivity index (χ1) is 18.5. The number of hydrogen-bond acceptors (Lipinski definition) is 4. The van der Waals surface area contributed by atoms with E-state index in [0.717, 1.165) is 33.3 Å². The van der Waals surface area contributed by atoms with Crippen LogP contribution >= 0.6 is 0 Å². The fraction of sp³-hybridized carbons (Fsp3) is 0.333. The predicted octanol–water partition coefficient (Wildman–Crippen LogP) is 4.45. The largest absolute Gasteiger partial charge is 0.352 e. The summed E-state index contributed by atoms with van der Waals surface area (Å²) in [6.07, 6.45) is 1.91. The first-order valence-corrected chi connectivity index (χ1v) is 14.7. The average Bonchev–Trinajstić information content (AvgIpc) is 2.90. The smallest absolute Gasteiger partial charge is 0.244 e. The highest BCUT2D eigenvalue weighted by molar-refractivity contribution is 7.92. The van der Waals surface area contributed by atoms with Gasteiger partial charge in [-0.25, -0.2) is 12.8 Å². The first kappa shape index (κ1) is 29.8. The van der Waals surface area contributed by atoms with Gasteiger partial charge in [0.25, 0.3) is 0 Å². The molecule has 0 aromatic heterocycles. The first-order valence-electron chi connectivity index (χ1n) is 12.9. The molecule has 0 radical (unpaired) electrons. The van der Waals surface area contributed by atoms with Crippen molar-refractivity contribution in [2.45, 2.75) is 52.2 Å². The minimum absolute atomic E-state index is 0.0322. The number of benzene rings is 3. The zero-order chi connectivity index (χ0) is 28.6. The number of carbonyl (C=O) groups excluding carboxylic acids is 2. The van der Waals surface area contributed by atoms with Crippen LogP contribution in [0.1, 0.15) is 37.0 Å². The minimum Gasteiger partial charge on any atom is -0.352 e. The van der Waals surface area contributed by atoms with Crippen LogP contribution in [0.4, 0.5) is 10.1 Å². The number of halogens is 1. The quantitative estimate of drug-likeness (QED) is 0.359. The SMILES string of the molecule is CC[C@@H](C)NC(=O)[C@H](Cc1ccccc1)N(Cc1ccc(C)cc1)C(=O)CN(c1cccc(F)c1)S(C)(=O)=O. The van der Waals surface area contributed by atoms with Gasteiger partial charge in [0, 0.05) is 19.0 Å². The summed E-state index contributed by atoms with van der Waals surface area (Å²) in [5.74, 6) is -1.53. The lowest BCUT2D eigenvalue weighted by Crippen LogP contribution is -2.54. The van der Waals surface area contributed by atoms with Crippen molar-refractivity contribution in [1.82, 2.24) is 10.2 Å². The monoisotopic (exact) mass is 553 g/mol. The van der Waals surface area contributed by atoms with Crippen molar-refractivity contribution in [1.29, 1.82) is 0 Å². The van der Waals surface area contributed by atoms with Gasteiger partial charge in [-0.1, -0.05) is 73.2 Å². The van der Waals surface area contributed by atoms with Crippen LogP contribution in [0.3, 0.4) is 0 Å². The fourth-order valence-electron chi connectivity index (χ4n) is 4.13. The fourth-order valence-corrected chi connectivity index (χ4v) is 4.97. The molecule has 2 amide bonds. The van der Waals surface area contributed by atoms with E-state index in [2.05, 4.69) is 5.32 Å².